The summed E-state index contributed by atoms with van der Waals surface area (Å²) in [5.41, 5.74) is 2.53. The van der Waals surface area contributed by atoms with Gasteiger partial charge in [0.25, 0.3) is 0 Å². The van der Waals surface area contributed by atoms with E-state index in [1.807, 2.05) is 25.1 Å². The largest absolute Gasteiger partial charge is 0.486 e. The van der Waals surface area contributed by atoms with Crippen molar-refractivity contribution in [1.29, 1.82) is 0 Å². The van der Waals surface area contributed by atoms with E-state index in [-0.39, 0.29) is 0 Å². The van der Waals surface area contributed by atoms with Gasteiger partial charge in [-0.3, -0.25) is 4.98 Å². The van der Waals surface area contributed by atoms with Gasteiger partial charge in [-0.05, 0) is 52.2 Å². The van der Waals surface area contributed by atoms with Gasteiger partial charge in [0.05, 0.1) is 4.47 Å². The minimum Gasteiger partial charge on any atom is -0.486 e. The number of aryl methyl sites for hydroxylation is 1. The van der Waals surface area contributed by atoms with Crippen molar-refractivity contribution in [2.24, 2.45) is 0 Å². The molecule has 1 aromatic carbocycles. The Balaban J connectivity index is 2.02. The van der Waals surface area contributed by atoms with Gasteiger partial charge in [0, 0.05) is 18.0 Å². The molecule has 5 heteroatoms. The quantitative estimate of drug-likeness (QED) is 0.916. The zero-order valence-electron chi connectivity index (χ0n) is 11.0. The summed E-state index contributed by atoms with van der Waals surface area (Å²) in [6, 6.07) is 5.55. The Hall–Kier alpha value is -1.59. The van der Waals surface area contributed by atoms with Gasteiger partial charge in [0.1, 0.15) is 19.3 Å². The Morgan fingerprint density at radius 1 is 1.30 bits per heavy atom. The number of halogens is 1. The van der Waals surface area contributed by atoms with E-state index in [0.717, 1.165) is 21.2 Å². The minimum atomic E-state index is -0.740. The summed E-state index contributed by atoms with van der Waals surface area (Å²) < 4.78 is 11.9. The number of pyridine rings is 1. The minimum absolute atomic E-state index is 0.519. The van der Waals surface area contributed by atoms with Gasteiger partial charge in [-0.1, -0.05) is 0 Å². The zero-order chi connectivity index (χ0) is 14.1. The number of hydrogen-bond donors (Lipinski definition) is 1. The molecule has 3 rings (SSSR count). The van der Waals surface area contributed by atoms with Crippen LogP contribution in [0.2, 0.25) is 0 Å². The monoisotopic (exact) mass is 335 g/mol. The van der Waals surface area contributed by atoms with Crippen molar-refractivity contribution in [3.8, 4) is 11.5 Å². The number of aliphatic hydroxyl groups excluding tert-OH is 1. The SMILES string of the molecule is Cc1ccncc1C(O)c1cc(Br)c2c(c1)OCCO2. The van der Waals surface area contributed by atoms with Crippen LogP contribution in [0.4, 0.5) is 0 Å². The average Bonchev–Trinajstić information content (AvgIpc) is 2.47. The number of ether oxygens (including phenoxy) is 2. The normalized spacial score (nSPS) is 14.9. The smallest absolute Gasteiger partial charge is 0.175 e. The summed E-state index contributed by atoms with van der Waals surface area (Å²) in [4.78, 5) is 4.07. The van der Waals surface area contributed by atoms with Crippen molar-refractivity contribution < 1.29 is 14.6 Å². The maximum atomic E-state index is 10.5. The van der Waals surface area contributed by atoms with E-state index in [2.05, 4.69) is 20.9 Å². The number of rotatable bonds is 2. The third-order valence-electron chi connectivity index (χ3n) is 3.31. The second kappa shape index (κ2) is 5.42. The second-order valence-corrected chi connectivity index (χ2v) is 5.52. The molecule has 104 valence electrons. The first-order valence-electron chi connectivity index (χ1n) is 6.34. The fourth-order valence-corrected chi connectivity index (χ4v) is 2.80. The highest BCUT2D eigenvalue weighted by atomic mass is 79.9. The van der Waals surface area contributed by atoms with Crippen molar-refractivity contribution >= 4 is 15.9 Å². The van der Waals surface area contributed by atoms with E-state index >= 15 is 0 Å². The first-order chi connectivity index (χ1) is 9.66. The van der Waals surface area contributed by atoms with Crippen LogP contribution in [-0.4, -0.2) is 23.3 Å². The maximum absolute atomic E-state index is 10.5. The first-order valence-corrected chi connectivity index (χ1v) is 7.13. The lowest BCUT2D eigenvalue weighted by Gasteiger charge is -2.22. The molecule has 0 spiro atoms. The van der Waals surface area contributed by atoms with Crippen LogP contribution in [0.25, 0.3) is 0 Å². The van der Waals surface area contributed by atoms with E-state index in [1.54, 1.807) is 12.4 Å². The predicted molar refractivity (Wildman–Crippen MR) is 78.2 cm³/mol. The standard InChI is InChI=1S/C15H14BrNO3/c1-9-2-3-17-8-11(9)14(18)10-6-12(16)15-13(7-10)19-4-5-20-15/h2-3,6-8,14,18H,4-5H2,1H3. The Kier molecular flexibility index (Phi) is 3.63. The Bertz CT molecular complexity index is 645. The van der Waals surface area contributed by atoms with Gasteiger partial charge in [-0.2, -0.15) is 0 Å². The van der Waals surface area contributed by atoms with E-state index < -0.39 is 6.10 Å². The molecule has 1 N–H and O–H groups in total. The Labute approximate surface area is 125 Å². The third-order valence-corrected chi connectivity index (χ3v) is 3.90. The van der Waals surface area contributed by atoms with Gasteiger partial charge in [-0.25, -0.2) is 0 Å². The van der Waals surface area contributed by atoms with E-state index in [0.29, 0.717) is 24.7 Å². The van der Waals surface area contributed by atoms with Crippen LogP contribution < -0.4 is 9.47 Å². The lowest BCUT2D eigenvalue weighted by molar-refractivity contribution is 0.168. The predicted octanol–water partition coefficient (Wildman–Crippen LogP) is 3.01. The van der Waals surface area contributed by atoms with Crippen molar-refractivity contribution in [1.82, 2.24) is 4.98 Å². The summed E-state index contributed by atoms with van der Waals surface area (Å²) in [5, 5.41) is 10.5. The summed E-state index contributed by atoms with van der Waals surface area (Å²) in [6.07, 6.45) is 2.66. The molecule has 1 aromatic heterocycles. The maximum Gasteiger partial charge on any atom is 0.175 e. The highest BCUT2D eigenvalue weighted by Crippen LogP contribution is 2.40. The van der Waals surface area contributed by atoms with Crippen LogP contribution in [0.15, 0.2) is 35.1 Å². The molecule has 2 heterocycles. The van der Waals surface area contributed by atoms with Crippen molar-refractivity contribution in [2.75, 3.05) is 13.2 Å². The molecule has 1 atom stereocenters. The molecule has 20 heavy (non-hydrogen) atoms. The summed E-state index contributed by atoms with van der Waals surface area (Å²) >= 11 is 3.46. The highest BCUT2D eigenvalue weighted by molar-refractivity contribution is 9.10. The van der Waals surface area contributed by atoms with Crippen LogP contribution in [0.1, 0.15) is 22.8 Å². The topological polar surface area (TPSA) is 51.6 Å². The lowest BCUT2D eigenvalue weighted by atomic mass is 9.99. The second-order valence-electron chi connectivity index (χ2n) is 4.66. The van der Waals surface area contributed by atoms with Crippen LogP contribution >= 0.6 is 15.9 Å². The number of aromatic nitrogens is 1. The molecule has 1 aliphatic rings. The van der Waals surface area contributed by atoms with Crippen molar-refractivity contribution in [3.05, 3.63) is 51.8 Å². The lowest BCUT2D eigenvalue weighted by Crippen LogP contribution is -2.16. The van der Waals surface area contributed by atoms with Crippen LogP contribution in [0.3, 0.4) is 0 Å². The van der Waals surface area contributed by atoms with Gasteiger partial charge < -0.3 is 14.6 Å². The molecule has 1 unspecified atom stereocenters. The van der Waals surface area contributed by atoms with E-state index in [4.69, 9.17) is 9.47 Å². The van der Waals surface area contributed by atoms with E-state index in [9.17, 15) is 5.11 Å². The molecule has 1 aliphatic heterocycles. The molecular formula is C15H14BrNO3. The highest BCUT2D eigenvalue weighted by Gasteiger charge is 2.20. The average molecular weight is 336 g/mol. The molecule has 0 radical (unpaired) electrons. The van der Waals surface area contributed by atoms with Crippen LogP contribution in [0.5, 0.6) is 11.5 Å². The summed E-state index contributed by atoms with van der Waals surface area (Å²) in [7, 11) is 0. The van der Waals surface area contributed by atoms with Gasteiger partial charge in [0.15, 0.2) is 11.5 Å². The molecule has 2 aromatic rings. The molecule has 4 nitrogen and oxygen atoms in total. The molecule has 0 bridgehead atoms. The van der Waals surface area contributed by atoms with E-state index in [1.165, 1.54) is 0 Å². The molecular weight excluding hydrogens is 322 g/mol. The summed E-state index contributed by atoms with van der Waals surface area (Å²) in [6.45, 7) is 3.01. The van der Waals surface area contributed by atoms with Crippen molar-refractivity contribution in [2.45, 2.75) is 13.0 Å². The first kappa shape index (κ1) is 13.4. The van der Waals surface area contributed by atoms with Gasteiger partial charge in [-0.15, -0.1) is 0 Å². The van der Waals surface area contributed by atoms with Crippen LogP contribution in [0, 0.1) is 6.92 Å². The Morgan fingerprint density at radius 3 is 2.90 bits per heavy atom. The van der Waals surface area contributed by atoms with Gasteiger partial charge in [0.2, 0.25) is 0 Å². The Morgan fingerprint density at radius 2 is 2.10 bits per heavy atom. The number of hydrogen-bond acceptors (Lipinski definition) is 4. The number of fused-ring (bicyclic) bond motifs is 1. The zero-order valence-corrected chi connectivity index (χ0v) is 12.6. The van der Waals surface area contributed by atoms with Crippen molar-refractivity contribution in [3.63, 3.8) is 0 Å². The summed E-state index contributed by atoms with van der Waals surface area (Å²) in [5.74, 6) is 1.34. The third kappa shape index (κ3) is 2.39. The fourth-order valence-electron chi connectivity index (χ4n) is 2.23. The number of aliphatic hydroxyl groups is 1. The van der Waals surface area contributed by atoms with Crippen LogP contribution in [-0.2, 0) is 0 Å². The molecule has 0 amide bonds. The molecule has 0 saturated carbocycles. The fraction of sp³-hybridized carbons (Fsp3) is 0.267. The number of nitrogens with zero attached hydrogens (tertiary/aromatic N) is 1. The number of benzene rings is 1. The molecule has 0 aliphatic carbocycles. The van der Waals surface area contributed by atoms with Gasteiger partial charge >= 0.3 is 0 Å². The molecule has 0 fully saturated rings. The molecule has 0 saturated heterocycles.